The first-order chi connectivity index (χ1) is 4.74. The molecule has 0 heterocycles. The van der Waals surface area contributed by atoms with E-state index in [-0.39, 0.29) is 12.1 Å². The lowest BCUT2D eigenvalue weighted by Gasteiger charge is -2.17. The van der Waals surface area contributed by atoms with Gasteiger partial charge in [0.1, 0.15) is 0 Å². The maximum atomic E-state index is 5.84. The minimum absolute atomic E-state index is 0.223. The Morgan fingerprint density at radius 1 is 1.30 bits per heavy atom. The van der Waals surface area contributed by atoms with Gasteiger partial charge >= 0.3 is 0 Å². The second-order valence-electron chi connectivity index (χ2n) is 3.42. The quantitative estimate of drug-likeness (QED) is 0.611. The van der Waals surface area contributed by atoms with E-state index in [1.807, 2.05) is 0 Å². The molecule has 0 aromatic heterocycles. The molecule has 0 amide bonds. The second-order valence-corrected chi connectivity index (χ2v) is 3.42. The highest BCUT2D eigenvalue weighted by Crippen LogP contribution is 2.33. The van der Waals surface area contributed by atoms with E-state index in [2.05, 4.69) is 6.92 Å². The van der Waals surface area contributed by atoms with Crippen molar-refractivity contribution in [1.29, 1.82) is 0 Å². The van der Waals surface area contributed by atoms with Crippen LogP contribution < -0.4 is 11.5 Å². The van der Waals surface area contributed by atoms with E-state index >= 15 is 0 Å². The highest BCUT2D eigenvalue weighted by atomic mass is 14.8. The molecule has 0 aromatic carbocycles. The fourth-order valence-electron chi connectivity index (χ4n) is 1.22. The lowest BCUT2D eigenvalue weighted by atomic mass is 10.0. The van der Waals surface area contributed by atoms with Gasteiger partial charge in [0.25, 0.3) is 0 Å². The third-order valence-electron chi connectivity index (χ3n) is 2.32. The molecule has 0 radical (unpaired) electrons. The van der Waals surface area contributed by atoms with Gasteiger partial charge in [-0.05, 0) is 18.8 Å². The maximum Gasteiger partial charge on any atom is 0.0194 e. The van der Waals surface area contributed by atoms with E-state index in [1.54, 1.807) is 0 Å². The molecule has 0 spiro atoms. The van der Waals surface area contributed by atoms with Crippen molar-refractivity contribution in [2.75, 3.05) is 0 Å². The Balaban J connectivity index is 2.11. The summed E-state index contributed by atoms with van der Waals surface area (Å²) in [5.41, 5.74) is 11.6. The van der Waals surface area contributed by atoms with Crippen LogP contribution in [-0.2, 0) is 0 Å². The Morgan fingerprint density at radius 3 is 2.30 bits per heavy atom. The van der Waals surface area contributed by atoms with Crippen LogP contribution >= 0.6 is 0 Å². The molecule has 2 heteroatoms. The van der Waals surface area contributed by atoms with Crippen LogP contribution in [0.1, 0.15) is 32.6 Å². The number of hydrogen-bond donors (Lipinski definition) is 2. The van der Waals surface area contributed by atoms with Gasteiger partial charge < -0.3 is 11.5 Å². The van der Waals surface area contributed by atoms with Crippen molar-refractivity contribution >= 4 is 0 Å². The van der Waals surface area contributed by atoms with E-state index in [4.69, 9.17) is 11.5 Å². The van der Waals surface area contributed by atoms with Crippen molar-refractivity contribution in [3.8, 4) is 0 Å². The van der Waals surface area contributed by atoms with Gasteiger partial charge in [-0.1, -0.05) is 19.8 Å². The van der Waals surface area contributed by atoms with Crippen LogP contribution in [0.25, 0.3) is 0 Å². The van der Waals surface area contributed by atoms with Crippen LogP contribution in [0, 0.1) is 5.92 Å². The molecule has 1 fully saturated rings. The van der Waals surface area contributed by atoms with Crippen LogP contribution in [0.3, 0.4) is 0 Å². The van der Waals surface area contributed by atoms with E-state index in [0.717, 1.165) is 18.8 Å². The third-order valence-corrected chi connectivity index (χ3v) is 2.32. The van der Waals surface area contributed by atoms with E-state index in [0.29, 0.717) is 0 Å². The molecular weight excluding hydrogens is 124 g/mol. The van der Waals surface area contributed by atoms with E-state index < -0.39 is 0 Å². The van der Waals surface area contributed by atoms with Crippen molar-refractivity contribution in [2.45, 2.75) is 44.7 Å². The van der Waals surface area contributed by atoms with Crippen molar-refractivity contribution in [2.24, 2.45) is 17.4 Å². The first kappa shape index (κ1) is 8.02. The first-order valence-corrected chi connectivity index (χ1v) is 4.25. The summed E-state index contributed by atoms with van der Waals surface area (Å²) in [5.74, 6) is 0.910. The number of rotatable bonds is 4. The Labute approximate surface area is 63.0 Å². The van der Waals surface area contributed by atoms with Gasteiger partial charge in [0.2, 0.25) is 0 Å². The second kappa shape index (κ2) is 3.35. The van der Waals surface area contributed by atoms with E-state index in [1.165, 1.54) is 12.8 Å². The summed E-state index contributed by atoms with van der Waals surface area (Å²) in [6, 6.07) is 0.470. The minimum atomic E-state index is 0.223. The summed E-state index contributed by atoms with van der Waals surface area (Å²) in [6.45, 7) is 2.09. The largest absolute Gasteiger partial charge is 0.326 e. The molecular formula is C8H18N2. The zero-order valence-corrected chi connectivity index (χ0v) is 6.72. The fourth-order valence-corrected chi connectivity index (χ4v) is 1.22. The zero-order valence-electron chi connectivity index (χ0n) is 6.72. The molecule has 10 heavy (non-hydrogen) atoms. The van der Waals surface area contributed by atoms with Gasteiger partial charge in [0, 0.05) is 12.1 Å². The third kappa shape index (κ3) is 2.27. The van der Waals surface area contributed by atoms with Crippen LogP contribution in [0.4, 0.5) is 0 Å². The van der Waals surface area contributed by atoms with Gasteiger partial charge in [-0.25, -0.2) is 0 Å². The summed E-state index contributed by atoms with van der Waals surface area (Å²) in [6.07, 6.45) is 4.91. The van der Waals surface area contributed by atoms with Gasteiger partial charge in [0.05, 0.1) is 0 Å². The molecule has 2 nitrogen and oxygen atoms in total. The normalized spacial score (nSPS) is 24.3. The average Bonchev–Trinajstić information content (AvgIpc) is 2.70. The van der Waals surface area contributed by atoms with Crippen molar-refractivity contribution in [3.63, 3.8) is 0 Å². The predicted octanol–water partition coefficient (Wildman–Crippen LogP) is 0.851. The molecule has 1 aliphatic rings. The summed E-state index contributed by atoms with van der Waals surface area (Å²) in [4.78, 5) is 0. The first-order valence-electron chi connectivity index (χ1n) is 4.25. The molecule has 0 aliphatic heterocycles. The standard InChI is InChI=1S/C8H18N2/c1-2-7(9)8(10)5-6-3-4-6/h6-8H,2-5,9-10H2,1H3. The average molecular weight is 142 g/mol. The smallest absolute Gasteiger partial charge is 0.0194 e. The van der Waals surface area contributed by atoms with Crippen LogP contribution in [0.15, 0.2) is 0 Å². The fraction of sp³-hybridized carbons (Fsp3) is 1.00. The van der Waals surface area contributed by atoms with Crippen molar-refractivity contribution < 1.29 is 0 Å². The van der Waals surface area contributed by atoms with Gasteiger partial charge in [-0.2, -0.15) is 0 Å². The summed E-state index contributed by atoms with van der Waals surface area (Å²) in [5, 5.41) is 0. The SMILES string of the molecule is CCC(N)C(N)CC1CC1. The van der Waals surface area contributed by atoms with Crippen LogP contribution in [0.2, 0.25) is 0 Å². The Kier molecular flexibility index (Phi) is 2.69. The molecule has 1 saturated carbocycles. The summed E-state index contributed by atoms with van der Waals surface area (Å²) >= 11 is 0. The minimum Gasteiger partial charge on any atom is -0.326 e. The van der Waals surface area contributed by atoms with Crippen molar-refractivity contribution in [3.05, 3.63) is 0 Å². The molecule has 4 N–H and O–H groups in total. The lowest BCUT2D eigenvalue weighted by molar-refractivity contribution is 0.462. The number of nitrogens with two attached hydrogens (primary N) is 2. The summed E-state index contributed by atoms with van der Waals surface area (Å²) < 4.78 is 0. The van der Waals surface area contributed by atoms with Crippen molar-refractivity contribution in [1.82, 2.24) is 0 Å². The van der Waals surface area contributed by atoms with Gasteiger partial charge in [0.15, 0.2) is 0 Å². The molecule has 2 unspecified atom stereocenters. The zero-order chi connectivity index (χ0) is 7.56. The Morgan fingerprint density at radius 2 is 1.90 bits per heavy atom. The highest BCUT2D eigenvalue weighted by Gasteiger charge is 2.25. The predicted molar refractivity (Wildman–Crippen MR) is 43.6 cm³/mol. The maximum absolute atomic E-state index is 5.84. The molecule has 0 bridgehead atoms. The molecule has 1 rings (SSSR count). The molecule has 0 aromatic rings. The topological polar surface area (TPSA) is 52.0 Å². The van der Waals surface area contributed by atoms with Crippen LogP contribution in [-0.4, -0.2) is 12.1 Å². The van der Waals surface area contributed by atoms with E-state index in [9.17, 15) is 0 Å². The summed E-state index contributed by atoms with van der Waals surface area (Å²) in [7, 11) is 0. The Bertz CT molecular complexity index is 99.4. The highest BCUT2D eigenvalue weighted by molar-refractivity contribution is 4.83. The molecule has 1 aliphatic carbocycles. The lowest BCUT2D eigenvalue weighted by Crippen LogP contribution is -2.41. The molecule has 60 valence electrons. The number of hydrogen-bond acceptors (Lipinski definition) is 2. The monoisotopic (exact) mass is 142 g/mol. The molecule has 0 saturated heterocycles. The van der Waals surface area contributed by atoms with Gasteiger partial charge in [-0.15, -0.1) is 0 Å². The molecule has 2 atom stereocenters. The van der Waals surface area contributed by atoms with Gasteiger partial charge in [-0.3, -0.25) is 0 Å². The van der Waals surface area contributed by atoms with Crippen LogP contribution in [0.5, 0.6) is 0 Å². The Hall–Kier alpha value is -0.0800.